The third kappa shape index (κ3) is 2.59. The lowest BCUT2D eigenvalue weighted by Crippen LogP contribution is -2.11. The first-order valence-electron chi connectivity index (χ1n) is 6.35. The van der Waals surface area contributed by atoms with Gasteiger partial charge in [0, 0.05) is 17.9 Å². The van der Waals surface area contributed by atoms with E-state index < -0.39 is 0 Å². The number of hydrogen-bond donors (Lipinski definition) is 2. The highest BCUT2D eigenvalue weighted by Gasteiger charge is 2.09. The second kappa shape index (κ2) is 5.14. The minimum Gasteiger partial charge on any atom is -0.494 e. The number of nitrogens with one attached hydrogen (secondary N) is 2. The summed E-state index contributed by atoms with van der Waals surface area (Å²) in [5.74, 6) is 1.23. The largest absolute Gasteiger partial charge is 0.494 e. The van der Waals surface area contributed by atoms with Gasteiger partial charge >= 0.3 is 0 Å². The highest BCUT2D eigenvalue weighted by Crippen LogP contribution is 2.26. The number of aryl methyl sites for hydroxylation is 1. The van der Waals surface area contributed by atoms with E-state index in [2.05, 4.69) is 32.7 Å². The van der Waals surface area contributed by atoms with Crippen molar-refractivity contribution in [1.82, 2.24) is 9.97 Å². The van der Waals surface area contributed by atoms with Crippen molar-refractivity contribution in [2.75, 3.05) is 24.3 Å². The summed E-state index contributed by atoms with van der Waals surface area (Å²) in [5, 5.41) is 6.59. The van der Waals surface area contributed by atoms with E-state index in [1.54, 1.807) is 19.5 Å². The molecule has 1 aliphatic rings. The summed E-state index contributed by atoms with van der Waals surface area (Å²) in [7, 11) is 1.60. The van der Waals surface area contributed by atoms with Crippen LogP contribution in [0.1, 0.15) is 12.0 Å². The van der Waals surface area contributed by atoms with Gasteiger partial charge in [0.1, 0.15) is 0 Å². The molecular formula is C14H16N4O. The van der Waals surface area contributed by atoms with E-state index in [0.717, 1.165) is 18.7 Å². The Hall–Kier alpha value is -2.30. The zero-order valence-electron chi connectivity index (χ0n) is 10.8. The molecule has 0 atom stereocenters. The van der Waals surface area contributed by atoms with Gasteiger partial charge in [0.2, 0.25) is 5.95 Å². The number of nitrogens with zero attached hydrogens (tertiary/aromatic N) is 2. The van der Waals surface area contributed by atoms with E-state index in [-0.39, 0.29) is 0 Å². The average molecular weight is 256 g/mol. The van der Waals surface area contributed by atoms with E-state index in [4.69, 9.17) is 4.74 Å². The highest BCUT2D eigenvalue weighted by atomic mass is 16.5. The van der Waals surface area contributed by atoms with Crippen molar-refractivity contribution in [3.8, 4) is 5.75 Å². The van der Waals surface area contributed by atoms with Crippen molar-refractivity contribution < 1.29 is 4.74 Å². The molecule has 0 radical (unpaired) electrons. The number of ether oxygens (including phenoxy) is 1. The monoisotopic (exact) mass is 256 g/mol. The molecular weight excluding hydrogens is 240 g/mol. The lowest BCUT2D eigenvalue weighted by molar-refractivity contribution is 0.411. The maximum atomic E-state index is 5.03. The molecule has 0 saturated carbocycles. The van der Waals surface area contributed by atoms with Gasteiger partial charge in [-0.25, -0.2) is 9.97 Å². The van der Waals surface area contributed by atoms with Gasteiger partial charge in [0.15, 0.2) is 5.75 Å². The topological polar surface area (TPSA) is 59.1 Å². The normalized spacial score (nSPS) is 13.3. The average Bonchev–Trinajstić information content (AvgIpc) is 2.48. The number of rotatable bonds is 3. The van der Waals surface area contributed by atoms with Crippen molar-refractivity contribution >= 4 is 17.3 Å². The van der Waals surface area contributed by atoms with Crippen molar-refractivity contribution in [1.29, 1.82) is 0 Å². The third-order valence-corrected chi connectivity index (χ3v) is 3.16. The molecule has 2 heterocycles. The van der Waals surface area contributed by atoms with Crippen molar-refractivity contribution in [2.45, 2.75) is 12.8 Å². The molecule has 2 aromatic rings. The van der Waals surface area contributed by atoms with E-state index in [1.165, 1.54) is 17.7 Å². The van der Waals surface area contributed by atoms with Crippen LogP contribution >= 0.6 is 0 Å². The molecule has 5 heteroatoms. The van der Waals surface area contributed by atoms with Crippen molar-refractivity contribution in [3.05, 3.63) is 36.2 Å². The lowest BCUT2D eigenvalue weighted by Gasteiger charge is -2.18. The molecule has 19 heavy (non-hydrogen) atoms. The lowest BCUT2D eigenvalue weighted by atomic mass is 10.0. The third-order valence-electron chi connectivity index (χ3n) is 3.16. The van der Waals surface area contributed by atoms with Gasteiger partial charge < -0.3 is 15.4 Å². The molecule has 0 spiro atoms. The van der Waals surface area contributed by atoms with Crippen LogP contribution in [0.4, 0.5) is 17.3 Å². The van der Waals surface area contributed by atoms with E-state index in [1.807, 2.05) is 6.07 Å². The molecule has 5 nitrogen and oxygen atoms in total. The maximum Gasteiger partial charge on any atom is 0.227 e. The molecule has 1 aliphatic heterocycles. The number of hydrogen-bond acceptors (Lipinski definition) is 5. The van der Waals surface area contributed by atoms with Crippen LogP contribution in [-0.4, -0.2) is 23.6 Å². The predicted octanol–water partition coefficient (Wildman–Crippen LogP) is 2.59. The molecule has 1 aromatic heterocycles. The minimum absolute atomic E-state index is 0.574. The Morgan fingerprint density at radius 2 is 2.11 bits per heavy atom. The Bertz CT molecular complexity index is 568. The fourth-order valence-electron chi connectivity index (χ4n) is 2.17. The highest BCUT2D eigenvalue weighted by molar-refractivity contribution is 5.63. The van der Waals surface area contributed by atoms with Crippen LogP contribution in [0.5, 0.6) is 5.75 Å². The summed E-state index contributed by atoms with van der Waals surface area (Å²) in [6.45, 7) is 1.06. The number of fused-ring (bicyclic) bond motifs is 1. The van der Waals surface area contributed by atoms with Crippen LogP contribution in [-0.2, 0) is 6.42 Å². The fraction of sp³-hybridized carbons (Fsp3) is 0.286. The summed E-state index contributed by atoms with van der Waals surface area (Å²) in [4.78, 5) is 8.39. The van der Waals surface area contributed by atoms with Gasteiger partial charge in [-0.1, -0.05) is 0 Å². The first-order valence-corrected chi connectivity index (χ1v) is 6.35. The molecule has 2 N–H and O–H groups in total. The standard InChI is InChI=1S/C14H16N4O/c1-19-12-8-16-14(17-9-12)18-11-4-5-13-10(7-11)3-2-6-15-13/h4-5,7-9,15H,2-3,6H2,1H3,(H,16,17,18). The molecule has 0 fully saturated rings. The van der Waals surface area contributed by atoms with Crippen molar-refractivity contribution in [2.24, 2.45) is 0 Å². The summed E-state index contributed by atoms with van der Waals surface area (Å²) in [5.41, 5.74) is 3.57. The Morgan fingerprint density at radius 3 is 2.89 bits per heavy atom. The first kappa shape index (κ1) is 11.8. The van der Waals surface area contributed by atoms with Gasteiger partial charge in [-0.3, -0.25) is 0 Å². The summed E-state index contributed by atoms with van der Waals surface area (Å²) in [6, 6.07) is 6.28. The molecule has 0 saturated heterocycles. The Labute approximate surface area is 112 Å². The molecule has 0 amide bonds. The zero-order valence-corrected chi connectivity index (χ0v) is 10.8. The molecule has 1 aromatic carbocycles. The van der Waals surface area contributed by atoms with E-state index >= 15 is 0 Å². The summed E-state index contributed by atoms with van der Waals surface area (Å²) in [6.07, 6.45) is 5.58. The molecule has 0 bridgehead atoms. The number of anilines is 3. The van der Waals surface area contributed by atoms with Crippen LogP contribution in [0.2, 0.25) is 0 Å². The molecule has 3 rings (SSSR count). The predicted molar refractivity (Wildman–Crippen MR) is 75.1 cm³/mol. The van der Waals surface area contributed by atoms with Crippen LogP contribution < -0.4 is 15.4 Å². The Kier molecular flexibility index (Phi) is 3.18. The van der Waals surface area contributed by atoms with Gasteiger partial charge in [0.05, 0.1) is 19.5 Å². The molecule has 98 valence electrons. The van der Waals surface area contributed by atoms with Gasteiger partial charge in [-0.15, -0.1) is 0 Å². The molecule has 0 unspecified atom stereocenters. The Balaban J connectivity index is 1.78. The van der Waals surface area contributed by atoms with Gasteiger partial charge in [-0.05, 0) is 36.6 Å². The second-order valence-corrected chi connectivity index (χ2v) is 4.47. The first-order chi connectivity index (χ1) is 9.35. The Morgan fingerprint density at radius 1 is 1.26 bits per heavy atom. The van der Waals surface area contributed by atoms with E-state index in [0.29, 0.717) is 11.7 Å². The van der Waals surface area contributed by atoms with Crippen LogP contribution in [0.15, 0.2) is 30.6 Å². The van der Waals surface area contributed by atoms with E-state index in [9.17, 15) is 0 Å². The fourth-order valence-corrected chi connectivity index (χ4v) is 2.17. The van der Waals surface area contributed by atoms with Gasteiger partial charge in [0.25, 0.3) is 0 Å². The minimum atomic E-state index is 0.574. The smallest absolute Gasteiger partial charge is 0.227 e. The number of methoxy groups -OCH3 is 1. The number of benzene rings is 1. The van der Waals surface area contributed by atoms with Crippen LogP contribution in [0.3, 0.4) is 0 Å². The van der Waals surface area contributed by atoms with Crippen LogP contribution in [0, 0.1) is 0 Å². The second-order valence-electron chi connectivity index (χ2n) is 4.47. The van der Waals surface area contributed by atoms with Crippen molar-refractivity contribution in [3.63, 3.8) is 0 Å². The summed E-state index contributed by atoms with van der Waals surface area (Å²) < 4.78 is 5.03. The zero-order chi connectivity index (χ0) is 13.1. The van der Waals surface area contributed by atoms with Crippen LogP contribution in [0.25, 0.3) is 0 Å². The number of aromatic nitrogens is 2. The quantitative estimate of drug-likeness (QED) is 0.884. The summed E-state index contributed by atoms with van der Waals surface area (Å²) >= 11 is 0. The van der Waals surface area contributed by atoms with Gasteiger partial charge in [-0.2, -0.15) is 0 Å². The SMILES string of the molecule is COc1cnc(Nc2ccc3c(c2)CCCN3)nc1. The molecule has 0 aliphatic carbocycles. The maximum absolute atomic E-state index is 5.03.